The third-order valence-corrected chi connectivity index (χ3v) is 20.0. The molecule has 0 aromatic heterocycles. The van der Waals surface area contributed by atoms with Gasteiger partial charge < -0.3 is 75.4 Å². The summed E-state index contributed by atoms with van der Waals surface area (Å²) in [6, 6.07) is 3.25. The first-order valence-electron chi connectivity index (χ1n) is 38.1. The maximum atomic E-state index is 15.4. The molecule has 0 radical (unpaired) electrons. The topological polar surface area (TPSA) is 329 Å². The van der Waals surface area contributed by atoms with Crippen LogP contribution in [0.5, 0.6) is 0 Å². The Hall–Kier alpha value is -7.75. The summed E-state index contributed by atoms with van der Waals surface area (Å²) in [6.45, 7) is 19.9. The highest BCUT2D eigenvalue weighted by Crippen LogP contribution is 2.25. The molecule has 0 unspecified atom stereocenters. The Kier molecular flexibility index (Phi) is 36.7. The van der Waals surface area contributed by atoms with E-state index in [4.69, 9.17) is 16.3 Å². The number of rotatable bonds is 22. The smallest absolute Gasteiger partial charge is 0.248 e. The standard InChI is InChI=1S/C79H127ClN12O15/c1-50(2)41-61-70(98)82-58(75(103)92-39-28-23-29-40-92)46-65(94)85(13)47-66(95)87(15)60(37-36-54-31-24-22-25-32-54)69(97)81-57(35-26-20-21-27-38-79(11,12)106)73(101)89(17)63(43-52(5)6)72(100)84-68(53(7)93)77(105)86(14)48-67(96)88(16)64(45-55-33-30-34-56(80)44-55)76(104)91(19)62(42-51(3)4)71(99)83-59(74(102)90(61)18)49-107-78(8,9)10/h22,24-25,30-34,44,50-53,57-64,68,93,106H,20-21,23,26-29,35-43,45-49H2,1-19H3,(H,81,97)(H,82,98)(H,83,99)(H,84,100)/t53-,57+,58+,59+,60+,61+,62+,63+,64+,68+/m1/s1. The predicted octanol–water partition coefficient (Wildman–Crippen LogP) is 5.37. The zero-order chi connectivity index (χ0) is 80.5. The molecule has 0 spiro atoms. The third-order valence-electron chi connectivity index (χ3n) is 19.8. The van der Waals surface area contributed by atoms with E-state index in [1.807, 2.05) is 71.9 Å². The molecule has 600 valence electrons. The van der Waals surface area contributed by atoms with Crippen LogP contribution in [0.1, 0.15) is 184 Å². The second-order valence-electron chi connectivity index (χ2n) is 32.3. The molecule has 28 heteroatoms. The summed E-state index contributed by atoms with van der Waals surface area (Å²) in [5.74, 6) is -9.75. The number of aliphatic hydroxyl groups is 2. The van der Waals surface area contributed by atoms with Crippen molar-refractivity contribution in [3.63, 3.8) is 0 Å². The molecule has 0 saturated carbocycles. The van der Waals surface area contributed by atoms with E-state index in [0.29, 0.717) is 68.6 Å². The Morgan fingerprint density at radius 3 is 1.52 bits per heavy atom. The van der Waals surface area contributed by atoms with Gasteiger partial charge in [-0.2, -0.15) is 0 Å². The van der Waals surface area contributed by atoms with Gasteiger partial charge in [0.05, 0.1) is 43.4 Å². The maximum absolute atomic E-state index is 15.4. The molecular formula is C79H127ClN12O15. The summed E-state index contributed by atoms with van der Waals surface area (Å²) in [4.78, 5) is 190. The predicted molar refractivity (Wildman–Crippen MR) is 411 cm³/mol. The van der Waals surface area contributed by atoms with Crippen molar-refractivity contribution in [2.75, 3.05) is 82.1 Å². The molecule has 2 aromatic rings. The van der Waals surface area contributed by atoms with Crippen molar-refractivity contribution in [3.05, 3.63) is 70.7 Å². The van der Waals surface area contributed by atoms with Crippen LogP contribution >= 0.6 is 11.6 Å². The SMILES string of the molecule is CC(C)C[C@H]1C(=O)N[C@@H]([C@@H](C)O)C(=O)N(C)CC(=O)N(C)[C@@H](Cc2cccc(Cl)c2)C(=O)N(C)[C@@H](CC(C)C)C(=O)N[C@@H](COC(C)(C)C)C(=O)N(C)[C@@H](CC(C)C)C(=O)N[C@H](C(=O)N2CCCCC2)CC(=O)N(C)CC(=O)N(C)[C@@H](CCc2ccccc2)C(=O)N[C@@H](CCCCCCC(C)(C)O)C(=O)N1C. The average Bonchev–Trinajstić information content (AvgIpc) is 0.834. The monoisotopic (exact) mass is 1520 g/mol. The number of carbonyl (C=O) groups is 12. The van der Waals surface area contributed by atoms with Crippen molar-refractivity contribution in [1.82, 2.24) is 60.5 Å². The van der Waals surface area contributed by atoms with Crippen LogP contribution in [0.15, 0.2) is 54.6 Å². The lowest BCUT2D eigenvalue weighted by Crippen LogP contribution is -2.62. The van der Waals surface area contributed by atoms with Crippen LogP contribution in [-0.2, 0) is 75.1 Å². The molecule has 12 amide bonds. The van der Waals surface area contributed by atoms with Crippen LogP contribution in [-0.4, -0.2) is 274 Å². The second kappa shape index (κ2) is 42.9. The number of hydrogen-bond donors (Lipinski definition) is 6. The molecule has 4 rings (SSSR count). The number of likely N-dealkylation sites (tertiary alicyclic amines) is 1. The van der Waals surface area contributed by atoms with E-state index in [-0.39, 0.29) is 62.7 Å². The van der Waals surface area contributed by atoms with Crippen LogP contribution in [0.3, 0.4) is 0 Å². The maximum Gasteiger partial charge on any atom is 0.248 e. The van der Waals surface area contributed by atoms with E-state index < -0.39 is 169 Å². The number of unbranched alkanes of at least 4 members (excludes halogenated alkanes) is 3. The summed E-state index contributed by atoms with van der Waals surface area (Å²) in [7, 11) is 9.61. The Morgan fingerprint density at radius 1 is 0.523 bits per heavy atom. The van der Waals surface area contributed by atoms with E-state index in [1.165, 1.54) is 75.9 Å². The molecule has 10 atom stereocenters. The molecule has 6 N–H and O–H groups in total. The molecule has 2 fully saturated rings. The summed E-state index contributed by atoms with van der Waals surface area (Å²) >= 11 is 6.50. The Bertz CT molecular complexity index is 3300. The van der Waals surface area contributed by atoms with Crippen molar-refractivity contribution >= 4 is 82.5 Å². The first-order chi connectivity index (χ1) is 49.9. The molecular weight excluding hydrogens is 1390 g/mol. The minimum Gasteiger partial charge on any atom is -0.391 e. The number of hydrogen-bond acceptors (Lipinski definition) is 15. The van der Waals surface area contributed by atoms with Gasteiger partial charge in [-0.25, -0.2) is 0 Å². The van der Waals surface area contributed by atoms with Crippen molar-refractivity contribution in [2.45, 2.75) is 258 Å². The number of carbonyl (C=O) groups excluding carboxylic acids is 12. The number of nitrogens with zero attached hydrogens (tertiary/aromatic N) is 8. The van der Waals surface area contributed by atoms with Crippen molar-refractivity contribution < 1.29 is 72.5 Å². The fourth-order valence-electron chi connectivity index (χ4n) is 13.3. The number of benzene rings is 2. The van der Waals surface area contributed by atoms with Gasteiger partial charge in [-0.15, -0.1) is 0 Å². The van der Waals surface area contributed by atoms with E-state index in [1.54, 1.807) is 63.8 Å². The summed E-state index contributed by atoms with van der Waals surface area (Å²) in [5.41, 5.74) is -0.431. The lowest BCUT2D eigenvalue weighted by Gasteiger charge is -2.37. The molecule has 2 aliphatic heterocycles. The highest BCUT2D eigenvalue weighted by atomic mass is 35.5. The number of amides is 12. The van der Waals surface area contributed by atoms with Crippen LogP contribution < -0.4 is 21.3 Å². The molecule has 2 heterocycles. The minimum absolute atomic E-state index is 0.0325. The zero-order valence-corrected chi connectivity index (χ0v) is 68.0. The first kappa shape index (κ1) is 91.6. The number of nitrogens with one attached hydrogen (secondary N) is 4. The molecule has 2 aliphatic rings. The van der Waals surface area contributed by atoms with E-state index >= 15 is 28.8 Å². The molecule has 107 heavy (non-hydrogen) atoms. The summed E-state index contributed by atoms with van der Waals surface area (Å²) in [6.07, 6.45) is 3.16. The van der Waals surface area contributed by atoms with Crippen LogP contribution in [0.2, 0.25) is 5.02 Å². The fraction of sp³-hybridized carbons (Fsp3) is 0.696. The highest BCUT2D eigenvalue weighted by Gasteiger charge is 2.43. The van der Waals surface area contributed by atoms with Gasteiger partial charge in [-0.05, 0) is 147 Å². The normalized spacial score (nSPS) is 23.8. The zero-order valence-electron chi connectivity index (χ0n) is 67.2. The highest BCUT2D eigenvalue weighted by molar-refractivity contribution is 6.30. The molecule has 2 aromatic carbocycles. The number of halogens is 1. The molecule has 27 nitrogen and oxygen atoms in total. The van der Waals surface area contributed by atoms with Crippen molar-refractivity contribution in [3.8, 4) is 0 Å². The number of likely N-dealkylation sites (N-methyl/N-ethyl adjacent to an activating group) is 7. The number of piperidine rings is 1. The van der Waals surface area contributed by atoms with Crippen molar-refractivity contribution in [1.29, 1.82) is 0 Å². The van der Waals surface area contributed by atoms with E-state index in [9.17, 15) is 39.0 Å². The van der Waals surface area contributed by atoms with E-state index in [0.717, 1.165) is 26.7 Å². The fourth-order valence-corrected chi connectivity index (χ4v) is 13.5. The van der Waals surface area contributed by atoms with Crippen LogP contribution in [0.4, 0.5) is 0 Å². The number of ether oxygens (including phenoxy) is 1. The second-order valence-corrected chi connectivity index (χ2v) is 32.8. The Morgan fingerprint density at radius 2 is 1.00 bits per heavy atom. The van der Waals surface area contributed by atoms with Gasteiger partial charge in [-0.1, -0.05) is 121 Å². The minimum atomic E-state index is -1.70. The third kappa shape index (κ3) is 29.6. The Balaban J connectivity index is 1.98. The Labute approximate surface area is 640 Å². The van der Waals surface area contributed by atoms with Gasteiger partial charge in [-0.3, -0.25) is 57.5 Å². The summed E-state index contributed by atoms with van der Waals surface area (Å²) in [5, 5.41) is 33.5. The molecule has 2 saturated heterocycles. The van der Waals surface area contributed by atoms with Gasteiger partial charge in [0.1, 0.15) is 54.4 Å². The van der Waals surface area contributed by atoms with Gasteiger partial charge in [0, 0.05) is 73.9 Å². The van der Waals surface area contributed by atoms with Crippen LogP contribution in [0, 0.1) is 17.8 Å². The lowest BCUT2D eigenvalue weighted by molar-refractivity contribution is -0.151. The average molecular weight is 1520 g/mol. The first-order valence-corrected chi connectivity index (χ1v) is 38.4. The van der Waals surface area contributed by atoms with E-state index in [2.05, 4.69) is 21.3 Å². The molecule has 0 aliphatic carbocycles. The van der Waals surface area contributed by atoms with Crippen molar-refractivity contribution in [2.24, 2.45) is 17.8 Å². The van der Waals surface area contributed by atoms with Crippen LogP contribution in [0.25, 0.3) is 0 Å². The van der Waals surface area contributed by atoms with Gasteiger partial charge in [0.2, 0.25) is 70.9 Å². The van der Waals surface area contributed by atoms with Gasteiger partial charge in [0.15, 0.2) is 0 Å². The number of aliphatic hydroxyl groups excluding tert-OH is 1. The largest absolute Gasteiger partial charge is 0.391 e. The quantitative estimate of drug-likeness (QED) is 0.0808. The summed E-state index contributed by atoms with van der Waals surface area (Å²) < 4.78 is 6.21. The molecule has 0 bridgehead atoms. The van der Waals surface area contributed by atoms with Gasteiger partial charge in [0.25, 0.3) is 0 Å². The lowest BCUT2D eigenvalue weighted by atomic mass is 9.97. The number of aryl methyl sites for hydroxylation is 1. The van der Waals surface area contributed by atoms with Gasteiger partial charge >= 0.3 is 0 Å².